The minimum atomic E-state index is -0.235. The number of nitrogens with zero attached hydrogens (tertiary/aromatic N) is 6. The molecule has 21 heavy (non-hydrogen) atoms. The van der Waals surface area contributed by atoms with Gasteiger partial charge in [0.1, 0.15) is 29.7 Å². The number of hydrogen-bond acceptors (Lipinski definition) is 7. The summed E-state index contributed by atoms with van der Waals surface area (Å²) in [7, 11) is 0. The topological polar surface area (TPSA) is 98.5 Å². The van der Waals surface area contributed by atoms with E-state index in [0.717, 1.165) is 5.01 Å². The number of hydrogen-bond donors (Lipinski definition) is 1. The lowest BCUT2D eigenvalue weighted by Gasteiger charge is -2.04. The minimum Gasteiger partial charge on any atom is -0.306 e. The maximum Gasteiger partial charge on any atom is 0.268 e. The number of aryl methyl sites for hydroxylation is 2. The quantitative estimate of drug-likeness (QED) is 0.784. The fourth-order valence-corrected chi connectivity index (χ4v) is 2.60. The Bertz CT molecular complexity index is 781. The molecule has 0 aliphatic heterocycles. The lowest BCUT2D eigenvalue weighted by atomic mass is 10.3. The summed E-state index contributed by atoms with van der Waals surface area (Å²) in [6.45, 7) is 3.67. The third-order valence-electron chi connectivity index (χ3n) is 2.66. The molecule has 0 spiro atoms. The van der Waals surface area contributed by atoms with Crippen LogP contribution in [0.15, 0.2) is 25.0 Å². The first kappa shape index (κ1) is 13.3. The zero-order valence-corrected chi connectivity index (χ0v) is 12.1. The van der Waals surface area contributed by atoms with Crippen LogP contribution in [-0.2, 0) is 0 Å². The van der Waals surface area contributed by atoms with Crippen molar-refractivity contribution < 1.29 is 4.79 Å². The Balaban J connectivity index is 1.84. The van der Waals surface area contributed by atoms with E-state index in [-0.39, 0.29) is 5.91 Å². The smallest absolute Gasteiger partial charge is 0.268 e. The summed E-state index contributed by atoms with van der Waals surface area (Å²) in [6.07, 6.45) is 4.28. The summed E-state index contributed by atoms with van der Waals surface area (Å²) in [5.74, 6) is 0.683. The van der Waals surface area contributed by atoms with Gasteiger partial charge in [0.25, 0.3) is 5.91 Å². The first-order chi connectivity index (χ1) is 10.1. The van der Waals surface area contributed by atoms with Crippen LogP contribution in [0.2, 0.25) is 0 Å². The van der Waals surface area contributed by atoms with Gasteiger partial charge >= 0.3 is 0 Å². The Hall–Kier alpha value is -2.68. The molecule has 0 aliphatic rings. The van der Waals surface area contributed by atoms with Crippen LogP contribution >= 0.6 is 11.3 Å². The van der Waals surface area contributed by atoms with E-state index in [4.69, 9.17) is 0 Å². The first-order valence-corrected chi connectivity index (χ1v) is 6.87. The lowest BCUT2D eigenvalue weighted by molar-refractivity contribution is 0.102. The first-order valence-electron chi connectivity index (χ1n) is 6.06. The van der Waals surface area contributed by atoms with Gasteiger partial charge < -0.3 is 5.32 Å². The zero-order valence-electron chi connectivity index (χ0n) is 11.3. The summed E-state index contributed by atoms with van der Waals surface area (Å²) >= 11 is 1.35. The SMILES string of the molecule is Cc1nc(C)c(C(=O)Nc2cc(-n3cncn3)ncn2)s1. The second kappa shape index (κ2) is 5.37. The van der Waals surface area contributed by atoms with Crippen molar-refractivity contribution in [1.29, 1.82) is 0 Å². The van der Waals surface area contributed by atoms with Crippen molar-refractivity contribution in [2.45, 2.75) is 13.8 Å². The summed E-state index contributed by atoms with van der Waals surface area (Å²) < 4.78 is 1.49. The highest BCUT2D eigenvalue weighted by molar-refractivity contribution is 7.13. The van der Waals surface area contributed by atoms with Crippen molar-refractivity contribution in [2.24, 2.45) is 0 Å². The number of nitrogens with one attached hydrogen (secondary N) is 1. The van der Waals surface area contributed by atoms with E-state index in [1.54, 1.807) is 13.0 Å². The number of carbonyl (C=O) groups excluding carboxylic acids is 1. The van der Waals surface area contributed by atoms with Gasteiger partial charge in [0.15, 0.2) is 5.82 Å². The van der Waals surface area contributed by atoms with Crippen molar-refractivity contribution in [3.05, 3.63) is 40.6 Å². The van der Waals surface area contributed by atoms with Crippen molar-refractivity contribution in [2.75, 3.05) is 5.32 Å². The molecule has 9 heteroatoms. The largest absolute Gasteiger partial charge is 0.306 e. The number of thiazole rings is 1. The maximum absolute atomic E-state index is 12.2. The van der Waals surface area contributed by atoms with Gasteiger partial charge in [-0.2, -0.15) is 5.10 Å². The lowest BCUT2D eigenvalue weighted by Crippen LogP contribution is -2.13. The standard InChI is InChI=1S/C12H11N7OS/c1-7-11(21-8(2)17-7)12(20)18-9-3-10(15-5-14-9)19-6-13-4-16-19/h3-6H,1-2H3,(H,14,15,18,20). The number of amides is 1. The zero-order chi connectivity index (χ0) is 14.8. The molecule has 0 fully saturated rings. The van der Waals surface area contributed by atoms with Crippen LogP contribution < -0.4 is 5.32 Å². The molecule has 0 bridgehead atoms. The van der Waals surface area contributed by atoms with Gasteiger partial charge in [-0.05, 0) is 13.8 Å². The van der Waals surface area contributed by atoms with E-state index in [1.165, 1.54) is 35.0 Å². The second-order valence-electron chi connectivity index (χ2n) is 4.20. The molecule has 3 heterocycles. The van der Waals surface area contributed by atoms with E-state index in [0.29, 0.717) is 22.2 Å². The van der Waals surface area contributed by atoms with E-state index in [1.807, 2.05) is 6.92 Å². The molecule has 0 atom stereocenters. The Morgan fingerprint density at radius 3 is 2.81 bits per heavy atom. The van der Waals surface area contributed by atoms with Crippen molar-refractivity contribution in [3.63, 3.8) is 0 Å². The Morgan fingerprint density at radius 2 is 2.14 bits per heavy atom. The van der Waals surface area contributed by atoms with Gasteiger partial charge in [0.05, 0.1) is 10.7 Å². The van der Waals surface area contributed by atoms with Crippen LogP contribution in [0.1, 0.15) is 20.4 Å². The number of anilines is 1. The summed E-state index contributed by atoms with van der Waals surface area (Å²) in [5, 5.41) is 7.56. The van der Waals surface area contributed by atoms with Gasteiger partial charge in [-0.1, -0.05) is 0 Å². The molecule has 3 rings (SSSR count). The Labute approximate surface area is 123 Å². The predicted octanol–water partition coefficient (Wildman–Crippen LogP) is 1.38. The van der Waals surface area contributed by atoms with Crippen molar-refractivity contribution >= 4 is 23.1 Å². The van der Waals surface area contributed by atoms with Crippen LogP contribution in [0.5, 0.6) is 0 Å². The van der Waals surface area contributed by atoms with Gasteiger partial charge in [-0.15, -0.1) is 11.3 Å². The molecule has 106 valence electrons. The summed E-state index contributed by atoms with van der Waals surface area (Å²) in [4.78, 5) is 29.0. The Kier molecular flexibility index (Phi) is 3.40. The fraction of sp³-hybridized carbons (Fsp3) is 0.167. The highest BCUT2D eigenvalue weighted by atomic mass is 32.1. The van der Waals surface area contributed by atoms with E-state index < -0.39 is 0 Å². The highest BCUT2D eigenvalue weighted by Crippen LogP contribution is 2.18. The van der Waals surface area contributed by atoms with Crippen LogP contribution in [-0.4, -0.2) is 35.6 Å². The molecule has 0 aliphatic carbocycles. The van der Waals surface area contributed by atoms with Gasteiger partial charge in [0, 0.05) is 6.07 Å². The van der Waals surface area contributed by atoms with E-state index in [9.17, 15) is 4.79 Å². The average Bonchev–Trinajstić information content (AvgIpc) is 3.08. The predicted molar refractivity (Wildman–Crippen MR) is 76.5 cm³/mol. The molecule has 3 aromatic rings. The van der Waals surface area contributed by atoms with Crippen LogP contribution in [0.4, 0.5) is 5.82 Å². The van der Waals surface area contributed by atoms with Crippen molar-refractivity contribution in [3.8, 4) is 5.82 Å². The normalized spacial score (nSPS) is 10.6. The van der Waals surface area contributed by atoms with Gasteiger partial charge in [-0.25, -0.2) is 24.6 Å². The molecule has 3 aromatic heterocycles. The number of aromatic nitrogens is 6. The molecular formula is C12H11N7OS. The van der Waals surface area contributed by atoms with E-state index >= 15 is 0 Å². The third kappa shape index (κ3) is 2.77. The maximum atomic E-state index is 12.2. The summed E-state index contributed by atoms with van der Waals surface area (Å²) in [6, 6.07) is 1.62. The Morgan fingerprint density at radius 1 is 1.29 bits per heavy atom. The van der Waals surface area contributed by atoms with E-state index in [2.05, 4.69) is 30.4 Å². The highest BCUT2D eigenvalue weighted by Gasteiger charge is 2.14. The summed E-state index contributed by atoms with van der Waals surface area (Å²) in [5.41, 5.74) is 0.709. The average molecular weight is 301 g/mol. The second-order valence-corrected chi connectivity index (χ2v) is 5.41. The molecule has 0 saturated carbocycles. The number of carbonyl (C=O) groups is 1. The minimum absolute atomic E-state index is 0.235. The molecule has 1 amide bonds. The van der Waals surface area contributed by atoms with Gasteiger partial charge in [0.2, 0.25) is 0 Å². The van der Waals surface area contributed by atoms with Crippen LogP contribution in [0.25, 0.3) is 5.82 Å². The van der Waals surface area contributed by atoms with Gasteiger partial charge in [-0.3, -0.25) is 4.79 Å². The molecule has 0 radical (unpaired) electrons. The third-order valence-corrected chi connectivity index (χ3v) is 3.73. The molecule has 1 N–H and O–H groups in total. The van der Waals surface area contributed by atoms with Crippen LogP contribution in [0.3, 0.4) is 0 Å². The van der Waals surface area contributed by atoms with Crippen LogP contribution in [0, 0.1) is 13.8 Å². The molecule has 0 saturated heterocycles. The number of rotatable bonds is 3. The molecule has 0 aromatic carbocycles. The fourth-order valence-electron chi connectivity index (χ4n) is 1.78. The van der Waals surface area contributed by atoms with Crippen molar-refractivity contribution in [1.82, 2.24) is 29.7 Å². The monoisotopic (exact) mass is 301 g/mol. The molecule has 8 nitrogen and oxygen atoms in total. The molecular weight excluding hydrogens is 290 g/mol. The molecule has 0 unspecified atom stereocenters.